The molecule has 2 aromatic rings. The van der Waals surface area contributed by atoms with Crippen molar-refractivity contribution in [3.05, 3.63) is 48.0 Å². The van der Waals surface area contributed by atoms with Gasteiger partial charge in [0, 0.05) is 30.9 Å². The fourth-order valence-corrected chi connectivity index (χ4v) is 3.96. The minimum atomic E-state index is -3.80. The van der Waals surface area contributed by atoms with E-state index < -0.39 is 15.9 Å². The van der Waals surface area contributed by atoms with Gasteiger partial charge in [-0.05, 0) is 54.4 Å². The van der Waals surface area contributed by atoms with Crippen LogP contribution in [0.25, 0.3) is 0 Å². The first-order valence-corrected chi connectivity index (χ1v) is 10.9. The molecule has 10 heteroatoms. The van der Waals surface area contributed by atoms with E-state index in [1.165, 1.54) is 12.1 Å². The minimum absolute atomic E-state index is 0.0249. The van der Waals surface area contributed by atoms with E-state index in [9.17, 15) is 18.0 Å². The number of hydrogen-bond acceptors (Lipinski definition) is 6. The molecule has 1 heterocycles. The summed E-state index contributed by atoms with van der Waals surface area (Å²) >= 11 is 0. The molecule has 0 unspecified atom stereocenters. The predicted octanol–water partition coefficient (Wildman–Crippen LogP) is 0.614. The number of methoxy groups -OCH3 is 1. The van der Waals surface area contributed by atoms with Gasteiger partial charge in [0.1, 0.15) is 5.75 Å². The maximum atomic E-state index is 13.0. The van der Waals surface area contributed by atoms with Crippen molar-refractivity contribution >= 4 is 33.2 Å². The van der Waals surface area contributed by atoms with Crippen LogP contribution in [0.4, 0.5) is 11.4 Å². The maximum absolute atomic E-state index is 13.0. The molecule has 0 spiro atoms. The van der Waals surface area contributed by atoms with Crippen LogP contribution in [0.1, 0.15) is 12.0 Å². The van der Waals surface area contributed by atoms with Crippen molar-refractivity contribution in [3.63, 3.8) is 0 Å². The van der Waals surface area contributed by atoms with Crippen LogP contribution in [0, 0.1) is 0 Å². The highest BCUT2D eigenvalue weighted by Crippen LogP contribution is 2.30. The predicted molar refractivity (Wildman–Crippen MR) is 113 cm³/mol. The second-order valence-corrected chi connectivity index (χ2v) is 8.53. The second kappa shape index (κ2) is 8.72. The fraction of sp³-hybridized carbons (Fsp3) is 0.300. The van der Waals surface area contributed by atoms with Gasteiger partial charge in [0.2, 0.25) is 21.8 Å². The van der Waals surface area contributed by atoms with Crippen LogP contribution in [-0.4, -0.2) is 47.0 Å². The van der Waals surface area contributed by atoms with Crippen molar-refractivity contribution in [2.45, 2.75) is 17.7 Å². The zero-order valence-electron chi connectivity index (χ0n) is 16.6. The highest BCUT2D eigenvalue weighted by molar-refractivity contribution is 7.89. The first kappa shape index (κ1) is 21.6. The molecule has 1 aliphatic heterocycles. The molecule has 4 N–H and O–H groups in total. The lowest BCUT2D eigenvalue weighted by molar-refractivity contribution is -0.119. The highest BCUT2D eigenvalue weighted by atomic mass is 32.2. The molecule has 2 amide bonds. The van der Waals surface area contributed by atoms with E-state index in [1.54, 1.807) is 35.1 Å². The van der Waals surface area contributed by atoms with Crippen LogP contribution in [-0.2, 0) is 26.0 Å². The molecule has 160 valence electrons. The Hall–Kier alpha value is -3.11. The van der Waals surface area contributed by atoms with Gasteiger partial charge in [0.15, 0.2) is 0 Å². The lowest BCUT2D eigenvalue weighted by Crippen LogP contribution is -2.41. The number of primary sulfonamides is 1. The fourth-order valence-electron chi connectivity index (χ4n) is 3.40. The molecule has 0 saturated carbocycles. The second-order valence-electron chi connectivity index (χ2n) is 6.97. The normalized spacial score (nSPS) is 13.1. The lowest BCUT2D eigenvalue weighted by Gasteiger charge is -2.27. The number of ether oxygens (including phenoxy) is 1. The van der Waals surface area contributed by atoms with Gasteiger partial charge in [0.05, 0.1) is 18.6 Å². The third-order valence-corrected chi connectivity index (χ3v) is 5.88. The van der Waals surface area contributed by atoms with E-state index in [0.29, 0.717) is 30.9 Å². The Kier molecular flexibility index (Phi) is 6.28. The smallest absolute Gasteiger partial charge is 0.246 e. The van der Waals surface area contributed by atoms with Gasteiger partial charge in [-0.15, -0.1) is 0 Å². The van der Waals surface area contributed by atoms with Crippen molar-refractivity contribution < 1.29 is 22.7 Å². The van der Waals surface area contributed by atoms with Crippen LogP contribution in [0.3, 0.4) is 0 Å². The van der Waals surface area contributed by atoms with Crippen LogP contribution in [0.15, 0.2) is 47.4 Å². The van der Waals surface area contributed by atoms with E-state index >= 15 is 0 Å². The number of amides is 2. The number of anilines is 2. The summed E-state index contributed by atoms with van der Waals surface area (Å²) in [6.45, 7) is 0.767. The van der Waals surface area contributed by atoms with Crippen LogP contribution >= 0.6 is 0 Å². The molecular weight excluding hydrogens is 408 g/mol. The quantitative estimate of drug-likeness (QED) is 0.627. The van der Waals surface area contributed by atoms with Gasteiger partial charge >= 0.3 is 0 Å². The Balaban J connectivity index is 1.80. The van der Waals surface area contributed by atoms with E-state index in [-0.39, 0.29) is 23.8 Å². The summed E-state index contributed by atoms with van der Waals surface area (Å²) in [5.41, 5.74) is 7.47. The molecule has 0 bridgehead atoms. The van der Waals surface area contributed by atoms with Crippen LogP contribution in [0.5, 0.6) is 5.75 Å². The summed E-state index contributed by atoms with van der Waals surface area (Å²) in [7, 11) is -2.24. The van der Waals surface area contributed by atoms with Gasteiger partial charge in [-0.3, -0.25) is 9.59 Å². The average molecular weight is 433 g/mol. The molecule has 1 aliphatic rings. The van der Waals surface area contributed by atoms with Crippen molar-refractivity contribution in [1.82, 2.24) is 0 Å². The number of carbonyl (C=O) groups is 2. The molecule has 0 aromatic heterocycles. The minimum Gasteiger partial charge on any atom is -0.497 e. The number of fused-ring (bicyclic) bond motifs is 1. The molecule has 3 rings (SSSR count). The van der Waals surface area contributed by atoms with Crippen molar-refractivity contribution in [1.29, 1.82) is 0 Å². The Labute approximate surface area is 175 Å². The number of carbonyl (C=O) groups excluding carboxylic acids is 2. The van der Waals surface area contributed by atoms with Crippen molar-refractivity contribution in [3.8, 4) is 5.75 Å². The summed E-state index contributed by atoms with van der Waals surface area (Å²) < 4.78 is 28.3. The zero-order chi connectivity index (χ0) is 21.9. The molecule has 30 heavy (non-hydrogen) atoms. The molecular formula is C20H24N4O5S. The lowest BCUT2D eigenvalue weighted by atomic mass is 10.2. The number of nitrogens with two attached hydrogens (primary N) is 2. The molecule has 0 atom stereocenters. The SMILES string of the molecule is COc1ccc(N(CCC(N)=O)CC(=O)N2CCc3cc(S(N)(=O)=O)ccc32)cc1. The summed E-state index contributed by atoms with van der Waals surface area (Å²) in [6, 6.07) is 11.7. The number of hydrogen-bond donors (Lipinski definition) is 2. The van der Waals surface area contributed by atoms with E-state index in [0.717, 1.165) is 11.3 Å². The zero-order valence-corrected chi connectivity index (χ0v) is 17.4. The maximum Gasteiger partial charge on any atom is 0.246 e. The third kappa shape index (κ3) is 4.89. The number of rotatable bonds is 8. The highest BCUT2D eigenvalue weighted by Gasteiger charge is 2.27. The van der Waals surface area contributed by atoms with E-state index in [4.69, 9.17) is 15.6 Å². The summed E-state index contributed by atoms with van der Waals surface area (Å²) in [4.78, 5) is 27.7. The summed E-state index contributed by atoms with van der Waals surface area (Å²) in [5.74, 6) is 0.0551. The Morgan fingerprint density at radius 1 is 1.17 bits per heavy atom. The molecule has 0 fully saturated rings. The Morgan fingerprint density at radius 2 is 1.87 bits per heavy atom. The van der Waals surface area contributed by atoms with Crippen molar-refractivity contribution in [2.24, 2.45) is 10.9 Å². The molecule has 2 aromatic carbocycles. The standard InChI is InChI=1S/C20H24N4O5S/c1-29-16-4-2-15(3-5-16)23(10-9-19(21)25)13-20(26)24-11-8-14-12-17(30(22,27)28)6-7-18(14)24/h2-7,12H,8-11,13H2,1H3,(H2,21,25)(H2,22,27,28). The summed E-state index contributed by atoms with van der Waals surface area (Å²) in [5, 5.41) is 5.19. The van der Waals surface area contributed by atoms with Crippen LogP contribution < -0.4 is 25.4 Å². The number of nitrogens with zero attached hydrogens (tertiary/aromatic N) is 2. The van der Waals surface area contributed by atoms with Gasteiger partial charge in [-0.1, -0.05) is 0 Å². The molecule has 0 aliphatic carbocycles. The van der Waals surface area contributed by atoms with Gasteiger partial charge in [-0.25, -0.2) is 13.6 Å². The van der Waals surface area contributed by atoms with E-state index in [1.807, 2.05) is 12.1 Å². The first-order chi connectivity index (χ1) is 14.2. The van der Waals surface area contributed by atoms with Crippen LogP contribution in [0.2, 0.25) is 0 Å². The molecule has 9 nitrogen and oxygen atoms in total. The Morgan fingerprint density at radius 3 is 2.47 bits per heavy atom. The summed E-state index contributed by atoms with van der Waals surface area (Å²) in [6.07, 6.45) is 0.641. The number of sulfonamides is 1. The molecule has 0 saturated heterocycles. The van der Waals surface area contributed by atoms with Gasteiger partial charge in [-0.2, -0.15) is 0 Å². The number of primary amides is 1. The monoisotopic (exact) mass is 432 g/mol. The largest absolute Gasteiger partial charge is 0.497 e. The van der Waals surface area contributed by atoms with Gasteiger partial charge in [0.25, 0.3) is 0 Å². The van der Waals surface area contributed by atoms with E-state index in [2.05, 4.69) is 0 Å². The topological polar surface area (TPSA) is 136 Å². The van der Waals surface area contributed by atoms with Gasteiger partial charge < -0.3 is 20.3 Å². The third-order valence-electron chi connectivity index (χ3n) is 4.97. The molecule has 0 radical (unpaired) electrons. The van der Waals surface area contributed by atoms with Crippen molar-refractivity contribution in [2.75, 3.05) is 36.5 Å². The number of benzene rings is 2. The Bertz CT molecular complexity index is 1050. The average Bonchev–Trinajstić information content (AvgIpc) is 3.13. The first-order valence-electron chi connectivity index (χ1n) is 9.32.